The molecule has 2 aromatic heterocycles. The van der Waals surface area contributed by atoms with Crippen molar-refractivity contribution < 1.29 is 14.6 Å². The van der Waals surface area contributed by atoms with Crippen molar-refractivity contribution in [3.63, 3.8) is 0 Å². The van der Waals surface area contributed by atoms with E-state index < -0.39 is 17.3 Å². The molecule has 35 heavy (non-hydrogen) atoms. The van der Waals surface area contributed by atoms with Crippen molar-refractivity contribution in [3.05, 3.63) is 110 Å². The van der Waals surface area contributed by atoms with Gasteiger partial charge in [0.25, 0.3) is 0 Å². The van der Waals surface area contributed by atoms with Crippen molar-refractivity contribution in [1.82, 2.24) is 19.1 Å². The zero-order valence-electron chi connectivity index (χ0n) is 18.3. The van der Waals surface area contributed by atoms with E-state index in [2.05, 4.69) is 15.0 Å². The number of nitrogens with one attached hydrogen (secondary N) is 1. The molecule has 2 heterocycles. The van der Waals surface area contributed by atoms with Crippen molar-refractivity contribution in [2.45, 2.75) is 19.5 Å². The van der Waals surface area contributed by atoms with Gasteiger partial charge in [-0.3, -0.25) is 14.3 Å². The molecular weight excluding hydrogens is 474 g/mol. The number of aliphatic carboxylic acids is 1. The standard InChI is InChI=1S/C24H20ClN5O5/c25-17-6-4-16(5-7-17)15-30-22(28-23(33)29(24(30)34)14-12-21(31)32)27-18-8-10-19(11-9-18)35-20-3-1-2-13-26-20/h1-11,13H,12,14-15H2,(H,31,32)(H,27,28,33). The lowest BCUT2D eigenvalue weighted by Crippen LogP contribution is -2.50. The van der Waals surface area contributed by atoms with E-state index in [0.29, 0.717) is 22.3 Å². The highest BCUT2D eigenvalue weighted by Gasteiger charge is 2.11. The minimum Gasteiger partial charge on any atom is -0.481 e. The minimum atomic E-state index is -1.12. The average Bonchev–Trinajstić information content (AvgIpc) is 2.84. The normalized spacial score (nSPS) is 11.4. The number of halogens is 1. The lowest BCUT2D eigenvalue weighted by Gasteiger charge is -2.11. The molecule has 4 aromatic rings. The first kappa shape index (κ1) is 23.7. The number of ether oxygens (including phenoxy) is 1. The maximum Gasteiger partial charge on any atom is 0.335 e. The number of aromatic amines is 1. The maximum atomic E-state index is 13.1. The van der Waals surface area contributed by atoms with Gasteiger partial charge in [0.2, 0.25) is 11.5 Å². The van der Waals surface area contributed by atoms with Gasteiger partial charge in [0.15, 0.2) is 0 Å². The molecule has 0 aliphatic heterocycles. The van der Waals surface area contributed by atoms with Crippen LogP contribution in [0.5, 0.6) is 11.6 Å². The number of nitrogens with zero attached hydrogens (tertiary/aromatic N) is 4. The topological polar surface area (TPSA) is 132 Å². The van der Waals surface area contributed by atoms with Crippen molar-refractivity contribution in [2.75, 3.05) is 0 Å². The third kappa shape index (κ3) is 6.12. The van der Waals surface area contributed by atoms with E-state index in [9.17, 15) is 14.4 Å². The van der Waals surface area contributed by atoms with Crippen molar-refractivity contribution >= 4 is 23.3 Å². The second-order valence-corrected chi connectivity index (χ2v) is 7.86. The molecule has 0 spiro atoms. The molecule has 178 valence electrons. The Morgan fingerprint density at radius 1 is 1.03 bits per heavy atom. The second-order valence-electron chi connectivity index (χ2n) is 7.42. The molecule has 0 radical (unpaired) electrons. The number of aromatic nitrogens is 4. The van der Waals surface area contributed by atoms with Crippen molar-refractivity contribution in [3.8, 4) is 11.6 Å². The fraction of sp³-hybridized carbons (Fsp3) is 0.125. The number of hydrogen-bond donors (Lipinski definition) is 2. The SMILES string of the molecule is O=C(O)CCn1c(=O)[nH]/c(=N\c2ccc(Oc3ccccn3)cc2)n(Cc2ccc(Cl)cc2)c1=O. The summed E-state index contributed by atoms with van der Waals surface area (Å²) in [5, 5.41) is 9.51. The van der Waals surface area contributed by atoms with E-state index in [1.54, 1.807) is 72.9 Å². The third-order valence-corrected chi connectivity index (χ3v) is 5.17. The van der Waals surface area contributed by atoms with Gasteiger partial charge in [0, 0.05) is 23.8 Å². The smallest absolute Gasteiger partial charge is 0.335 e. The molecule has 0 saturated carbocycles. The Morgan fingerprint density at radius 2 is 1.77 bits per heavy atom. The number of carboxylic acid groups (broad SMARTS) is 1. The maximum absolute atomic E-state index is 13.1. The third-order valence-electron chi connectivity index (χ3n) is 4.92. The van der Waals surface area contributed by atoms with Crippen LogP contribution >= 0.6 is 11.6 Å². The van der Waals surface area contributed by atoms with Crippen LogP contribution in [0.4, 0.5) is 5.69 Å². The lowest BCUT2D eigenvalue weighted by atomic mass is 10.2. The molecule has 2 aromatic carbocycles. The lowest BCUT2D eigenvalue weighted by molar-refractivity contribution is -0.137. The van der Waals surface area contributed by atoms with Crippen LogP contribution in [0.2, 0.25) is 5.02 Å². The van der Waals surface area contributed by atoms with Gasteiger partial charge in [-0.15, -0.1) is 0 Å². The molecule has 10 nitrogen and oxygen atoms in total. The van der Waals surface area contributed by atoms with Gasteiger partial charge in [-0.2, -0.15) is 0 Å². The second kappa shape index (κ2) is 10.7. The Balaban J connectivity index is 1.73. The molecule has 0 bridgehead atoms. The monoisotopic (exact) mass is 493 g/mol. The van der Waals surface area contributed by atoms with Gasteiger partial charge in [-0.25, -0.2) is 24.1 Å². The summed E-state index contributed by atoms with van der Waals surface area (Å²) in [6.07, 6.45) is 1.24. The summed E-state index contributed by atoms with van der Waals surface area (Å²) in [6.45, 7) is -0.191. The van der Waals surface area contributed by atoms with Crippen molar-refractivity contribution in [1.29, 1.82) is 0 Å². The first-order chi connectivity index (χ1) is 16.9. The molecule has 0 aliphatic rings. The van der Waals surface area contributed by atoms with Crippen LogP contribution in [0.3, 0.4) is 0 Å². The molecule has 0 amide bonds. The van der Waals surface area contributed by atoms with Gasteiger partial charge in [-0.1, -0.05) is 29.8 Å². The van der Waals surface area contributed by atoms with E-state index >= 15 is 0 Å². The first-order valence-electron chi connectivity index (χ1n) is 10.5. The Hall–Kier alpha value is -4.44. The number of hydrogen-bond acceptors (Lipinski definition) is 6. The van der Waals surface area contributed by atoms with Crippen molar-refractivity contribution in [2.24, 2.45) is 4.99 Å². The predicted octanol–water partition coefficient (Wildman–Crippen LogP) is 2.93. The molecular formula is C24H20ClN5O5. The number of benzene rings is 2. The Kier molecular flexibility index (Phi) is 7.22. The van der Waals surface area contributed by atoms with Gasteiger partial charge in [0.05, 0.1) is 18.7 Å². The number of H-pyrrole nitrogens is 1. The van der Waals surface area contributed by atoms with Gasteiger partial charge in [-0.05, 0) is 48.0 Å². The highest BCUT2D eigenvalue weighted by molar-refractivity contribution is 6.30. The molecule has 0 saturated heterocycles. The number of pyridine rings is 1. The molecule has 0 aliphatic carbocycles. The molecule has 4 rings (SSSR count). The zero-order valence-corrected chi connectivity index (χ0v) is 19.1. The predicted molar refractivity (Wildman–Crippen MR) is 128 cm³/mol. The molecule has 2 N–H and O–H groups in total. The Morgan fingerprint density at radius 3 is 2.43 bits per heavy atom. The van der Waals surface area contributed by atoms with Crippen LogP contribution in [-0.4, -0.2) is 30.2 Å². The van der Waals surface area contributed by atoms with Gasteiger partial charge < -0.3 is 9.84 Å². The molecule has 0 fully saturated rings. The quantitative estimate of drug-likeness (QED) is 0.388. The van der Waals surface area contributed by atoms with E-state index in [1.165, 1.54) is 4.57 Å². The van der Waals surface area contributed by atoms with E-state index in [-0.39, 0.29) is 25.1 Å². The highest BCUT2D eigenvalue weighted by atomic mass is 35.5. The van der Waals surface area contributed by atoms with Crippen LogP contribution in [-0.2, 0) is 17.9 Å². The summed E-state index contributed by atoms with van der Waals surface area (Å²) >= 11 is 5.96. The highest BCUT2D eigenvalue weighted by Crippen LogP contribution is 2.22. The van der Waals surface area contributed by atoms with E-state index in [0.717, 1.165) is 10.1 Å². The van der Waals surface area contributed by atoms with Crippen LogP contribution in [0, 0.1) is 0 Å². The number of rotatable bonds is 8. The molecule has 11 heteroatoms. The zero-order chi connectivity index (χ0) is 24.8. The Bertz CT molecular complexity index is 1510. The summed E-state index contributed by atoms with van der Waals surface area (Å²) in [5.74, 6) is -0.149. The fourth-order valence-corrected chi connectivity index (χ4v) is 3.33. The fourth-order valence-electron chi connectivity index (χ4n) is 3.20. The minimum absolute atomic E-state index is 0.0138. The number of carbonyl (C=O) groups is 1. The van der Waals surface area contributed by atoms with E-state index in [4.69, 9.17) is 21.4 Å². The summed E-state index contributed by atoms with van der Waals surface area (Å²) in [5.41, 5.74) is -0.221. The summed E-state index contributed by atoms with van der Waals surface area (Å²) in [4.78, 5) is 47.8. The van der Waals surface area contributed by atoms with Crippen LogP contribution in [0.25, 0.3) is 0 Å². The summed E-state index contributed by atoms with van der Waals surface area (Å²) in [6, 6.07) is 18.9. The summed E-state index contributed by atoms with van der Waals surface area (Å²) in [7, 11) is 0. The average molecular weight is 494 g/mol. The number of carboxylic acids is 1. The Labute approximate surface area is 203 Å². The first-order valence-corrected chi connectivity index (χ1v) is 10.9. The van der Waals surface area contributed by atoms with Gasteiger partial charge in [0.1, 0.15) is 5.75 Å². The summed E-state index contributed by atoms with van der Waals surface area (Å²) < 4.78 is 7.78. The van der Waals surface area contributed by atoms with Gasteiger partial charge >= 0.3 is 17.3 Å². The largest absolute Gasteiger partial charge is 0.481 e. The molecule has 0 unspecified atom stereocenters. The van der Waals surface area contributed by atoms with Crippen LogP contribution < -0.4 is 21.7 Å². The van der Waals surface area contributed by atoms with E-state index in [1.807, 2.05) is 0 Å². The van der Waals surface area contributed by atoms with Crippen LogP contribution in [0.1, 0.15) is 12.0 Å². The molecule has 0 atom stereocenters. The van der Waals surface area contributed by atoms with Crippen LogP contribution in [0.15, 0.2) is 87.5 Å².